The zero-order valence-corrected chi connectivity index (χ0v) is 12.7. The predicted octanol–water partition coefficient (Wildman–Crippen LogP) is 3.02. The van der Waals surface area contributed by atoms with Crippen LogP contribution in [0, 0.1) is 10.5 Å². The lowest BCUT2D eigenvalue weighted by Gasteiger charge is -2.20. The highest BCUT2D eigenvalue weighted by Gasteiger charge is 2.17. The average Bonchev–Trinajstić information content (AvgIpc) is 2.61. The Labute approximate surface area is 120 Å². The average molecular weight is 355 g/mol. The van der Waals surface area contributed by atoms with E-state index in [0.29, 0.717) is 0 Å². The normalized spacial score (nSPS) is 10.4. The summed E-state index contributed by atoms with van der Waals surface area (Å²) in [4.78, 5) is 13.5. The zero-order valence-electron chi connectivity index (χ0n) is 10.5. The number of carbonyl (C=O) groups is 1. The second-order valence-electron chi connectivity index (χ2n) is 4.10. The second-order valence-corrected chi connectivity index (χ2v) is 5.34. The van der Waals surface area contributed by atoms with E-state index in [1.54, 1.807) is 16.5 Å². The van der Waals surface area contributed by atoms with Crippen molar-refractivity contribution in [2.75, 3.05) is 4.90 Å². The van der Waals surface area contributed by atoms with Gasteiger partial charge in [0.2, 0.25) is 5.91 Å². The molecular formula is C13H14IN3O. The first kappa shape index (κ1) is 13.1. The minimum absolute atomic E-state index is 0.0285. The monoisotopic (exact) mass is 355 g/mol. The van der Waals surface area contributed by atoms with Crippen molar-refractivity contribution in [3.8, 4) is 0 Å². The molecule has 2 aromatic rings. The fraction of sp³-hybridized carbons (Fsp3) is 0.231. The zero-order chi connectivity index (χ0) is 13.3. The molecule has 4 nitrogen and oxygen atoms in total. The largest absolute Gasteiger partial charge is 0.274 e. The summed E-state index contributed by atoms with van der Waals surface area (Å²) < 4.78 is 2.86. The van der Waals surface area contributed by atoms with Crippen LogP contribution in [-0.4, -0.2) is 15.7 Å². The molecule has 1 amide bonds. The van der Waals surface area contributed by atoms with Crippen LogP contribution in [0.5, 0.6) is 0 Å². The van der Waals surface area contributed by atoms with Crippen molar-refractivity contribution in [1.82, 2.24) is 9.78 Å². The number of halogens is 1. The minimum Gasteiger partial charge on any atom is -0.274 e. The van der Waals surface area contributed by atoms with E-state index in [-0.39, 0.29) is 5.91 Å². The summed E-state index contributed by atoms with van der Waals surface area (Å²) in [7, 11) is 1.84. The van der Waals surface area contributed by atoms with E-state index in [1.165, 1.54) is 0 Å². The Morgan fingerprint density at radius 1 is 1.33 bits per heavy atom. The molecule has 94 valence electrons. The van der Waals surface area contributed by atoms with Crippen LogP contribution in [0.3, 0.4) is 0 Å². The summed E-state index contributed by atoms with van der Waals surface area (Å²) in [6, 6.07) is 9.74. The smallest absolute Gasteiger partial charge is 0.229 e. The Morgan fingerprint density at radius 3 is 2.39 bits per heavy atom. The van der Waals surface area contributed by atoms with Crippen LogP contribution in [0.1, 0.15) is 12.6 Å². The number of rotatable bonds is 2. The van der Waals surface area contributed by atoms with Crippen LogP contribution in [0.4, 0.5) is 11.5 Å². The van der Waals surface area contributed by atoms with Crippen molar-refractivity contribution in [1.29, 1.82) is 0 Å². The number of aryl methyl sites for hydroxylation is 2. The number of aromatic nitrogens is 2. The van der Waals surface area contributed by atoms with Crippen molar-refractivity contribution in [3.05, 3.63) is 39.6 Å². The molecule has 2 rings (SSSR count). The van der Waals surface area contributed by atoms with E-state index in [1.807, 2.05) is 44.3 Å². The molecule has 0 atom stereocenters. The van der Waals surface area contributed by atoms with Gasteiger partial charge in [0, 0.05) is 23.6 Å². The lowest BCUT2D eigenvalue weighted by atomic mass is 10.3. The maximum Gasteiger partial charge on any atom is 0.229 e. The predicted molar refractivity (Wildman–Crippen MR) is 79.9 cm³/mol. The Bertz CT molecular complexity index is 574. The first-order valence-electron chi connectivity index (χ1n) is 5.56. The molecule has 0 bridgehead atoms. The number of carbonyl (C=O) groups excluding carboxylic acids is 1. The molecule has 0 saturated heterocycles. The molecule has 0 radical (unpaired) electrons. The summed E-state index contributed by atoms with van der Waals surface area (Å²) in [5.41, 5.74) is 1.75. The van der Waals surface area contributed by atoms with E-state index in [9.17, 15) is 4.79 Å². The lowest BCUT2D eigenvalue weighted by Crippen LogP contribution is -2.24. The third kappa shape index (κ3) is 2.55. The van der Waals surface area contributed by atoms with Crippen molar-refractivity contribution >= 4 is 40.0 Å². The molecular weight excluding hydrogens is 341 g/mol. The Kier molecular flexibility index (Phi) is 3.70. The quantitative estimate of drug-likeness (QED) is 0.777. The van der Waals surface area contributed by atoms with Gasteiger partial charge in [0.05, 0.1) is 11.4 Å². The van der Waals surface area contributed by atoms with Crippen LogP contribution < -0.4 is 4.90 Å². The van der Waals surface area contributed by atoms with Gasteiger partial charge in [-0.2, -0.15) is 5.10 Å². The van der Waals surface area contributed by atoms with Gasteiger partial charge in [0.1, 0.15) is 5.82 Å². The van der Waals surface area contributed by atoms with Crippen LogP contribution >= 0.6 is 22.6 Å². The molecule has 0 spiro atoms. The highest BCUT2D eigenvalue weighted by atomic mass is 127. The van der Waals surface area contributed by atoms with E-state index in [2.05, 4.69) is 27.7 Å². The molecule has 1 aromatic carbocycles. The molecule has 0 N–H and O–H groups in total. The third-order valence-electron chi connectivity index (χ3n) is 2.61. The molecule has 0 fully saturated rings. The molecule has 0 aliphatic heterocycles. The highest BCUT2D eigenvalue weighted by molar-refractivity contribution is 14.1. The Morgan fingerprint density at radius 2 is 1.94 bits per heavy atom. The summed E-state index contributed by atoms with van der Waals surface area (Å²) in [6.45, 7) is 3.47. The standard InChI is InChI=1S/C13H14IN3O/c1-9-8-13(16(3)15-9)17(10(2)18)12-6-4-11(14)5-7-12/h4-8H,1-3H3. The van der Waals surface area contributed by atoms with Crippen molar-refractivity contribution in [2.24, 2.45) is 7.05 Å². The number of nitrogens with zero attached hydrogens (tertiary/aromatic N) is 3. The van der Waals surface area contributed by atoms with Gasteiger partial charge in [0.25, 0.3) is 0 Å². The SMILES string of the molecule is CC(=O)N(c1ccc(I)cc1)c1cc(C)nn1C. The fourth-order valence-electron chi connectivity index (χ4n) is 1.87. The topological polar surface area (TPSA) is 38.1 Å². The first-order chi connectivity index (χ1) is 8.49. The van der Waals surface area contributed by atoms with Crippen LogP contribution in [0.15, 0.2) is 30.3 Å². The second kappa shape index (κ2) is 5.09. The van der Waals surface area contributed by atoms with Gasteiger partial charge in [-0.25, -0.2) is 0 Å². The van der Waals surface area contributed by atoms with Crippen LogP contribution in [-0.2, 0) is 11.8 Å². The molecule has 1 aromatic heterocycles. The van der Waals surface area contributed by atoms with Crippen molar-refractivity contribution in [2.45, 2.75) is 13.8 Å². The molecule has 0 aliphatic rings. The summed E-state index contributed by atoms with van der Waals surface area (Å²) >= 11 is 2.24. The van der Waals surface area contributed by atoms with Crippen molar-refractivity contribution < 1.29 is 4.79 Å². The minimum atomic E-state index is -0.0285. The maximum absolute atomic E-state index is 11.9. The van der Waals surface area contributed by atoms with E-state index in [4.69, 9.17) is 0 Å². The van der Waals surface area contributed by atoms with Gasteiger partial charge in [-0.1, -0.05) is 0 Å². The summed E-state index contributed by atoms with van der Waals surface area (Å²) in [5.74, 6) is 0.750. The molecule has 0 unspecified atom stereocenters. The van der Waals surface area contributed by atoms with E-state index < -0.39 is 0 Å². The summed E-state index contributed by atoms with van der Waals surface area (Å²) in [5, 5.41) is 4.28. The number of benzene rings is 1. The van der Waals surface area contributed by atoms with Crippen LogP contribution in [0.25, 0.3) is 0 Å². The summed E-state index contributed by atoms with van der Waals surface area (Å²) in [6.07, 6.45) is 0. The van der Waals surface area contributed by atoms with E-state index >= 15 is 0 Å². The first-order valence-corrected chi connectivity index (χ1v) is 6.64. The molecule has 0 aliphatic carbocycles. The molecule has 5 heteroatoms. The fourth-order valence-corrected chi connectivity index (χ4v) is 2.23. The van der Waals surface area contributed by atoms with Gasteiger partial charge >= 0.3 is 0 Å². The maximum atomic E-state index is 11.9. The van der Waals surface area contributed by atoms with Crippen molar-refractivity contribution in [3.63, 3.8) is 0 Å². The Hall–Kier alpha value is -1.37. The third-order valence-corrected chi connectivity index (χ3v) is 3.33. The van der Waals surface area contributed by atoms with Crippen LogP contribution in [0.2, 0.25) is 0 Å². The number of hydrogen-bond acceptors (Lipinski definition) is 2. The van der Waals surface area contributed by atoms with Gasteiger partial charge in [-0.05, 0) is 53.8 Å². The highest BCUT2D eigenvalue weighted by Crippen LogP contribution is 2.26. The molecule has 0 saturated carbocycles. The van der Waals surface area contributed by atoms with Gasteiger partial charge in [-0.15, -0.1) is 0 Å². The molecule has 18 heavy (non-hydrogen) atoms. The molecule has 1 heterocycles. The number of amides is 1. The number of hydrogen-bond donors (Lipinski definition) is 0. The van der Waals surface area contributed by atoms with Gasteiger partial charge in [-0.3, -0.25) is 14.4 Å². The van der Waals surface area contributed by atoms with Gasteiger partial charge < -0.3 is 0 Å². The Balaban J connectivity index is 2.49. The van der Waals surface area contributed by atoms with E-state index in [0.717, 1.165) is 20.8 Å². The van der Waals surface area contributed by atoms with Gasteiger partial charge in [0.15, 0.2) is 0 Å². The number of anilines is 2. The lowest BCUT2D eigenvalue weighted by molar-refractivity contribution is -0.115.